The van der Waals surface area contributed by atoms with Crippen LogP contribution >= 0.6 is 0 Å². The van der Waals surface area contributed by atoms with E-state index in [4.69, 9.17) is 23.7 Å². The average Bonchev–Trinajstić information content (AvgIpc) is 2.64. The number of esters is 2. The van der Waals surface area contributed by atoms with E-state index in [1.165, 1.54) is 27.4 Å². The Morgan fingerprint density at radius 1 is 0.885 bits per heavy atom. The normalized spacial score (nSPS) is 18.8. The van der Waals surface area contributed by atoms with Crippen LogP contribution in [-0.4, -0.2) is 39.1 Å². The van der Waals surface area contributed by atoms with Gasteiger partial charge in [-0.1, -0.05) is 6.42 Å². The van der Waals surface area contributed by atoms with E-state index in [-0.39, 0.29) is 5.57 Å². The first-order valence-electron chi connectivity index (χ1n) is 8.50. The SMILES string of the molecule is COc1cc(OC)c(C=C2C(=O)OC3(CCCCC3)OC2=O)c(OC)c1. The number of hydrogen-bond acceptors (Lipinski definition) is 7. The van der Waals surface area contributed by atoms with Crippen molar-refractivity contribution in [2.45, 2.75) is 37.9 Å². The molecule has 7 heteroatoms. The Morgan fingerprint density at radius 3 is 1.88 bits per heavy atom. The molecule has 7 nitrogen and oxygen atoms in total. The van der Waals surface area contributed by atoms with Crippen molar-refractivity contribution in [3.8, 4) is 17.2 Å². The second kappa shape index (κ2) is 7.27. The third-order valence-corrected chi connectivity index (χ3v) is 4.65. The number of ether oxygens (including phenoxy) is 5. The van der Waals surface area contributed by atoms with Crippen LogP contribution in [0.1, 0.15) is 37.7 Å². The summed E-state index contributed by atoms with van der Waals surface area (Å²) in [6.45, 7) is 0. The maximum Gasteiger partial charge on any atom is 0.348 e. The number of benzene rings is 1. The molecule has 0 bridgehead atoms. The number of carbonyl (C=O) groups is 2. The summed E-state index contributed by atoms with van der Waals surface area (Å²) in [5.74, 6) is -1.18. The van der Waals surface area contributed by atoms with Crippen molar-refractivity contribution in [1.82, 2.24) is 0 Å². The third-order valence-electron chi connectivity index (χ3n) is 4.65. The van der Waals surface area contributed by atoms with Gasteiger partial charge in [0.15, 0.2) is 0 Å². The lowest BCUT2D eigenvalue weighted by molar-refractivity contribution is -0.244. The summed E-state index contributed by atoms with van der Waals surface area (Å²) in [4.78, 5) is 25.0. The molecule has 0 radical (unpaired) electrons. The van der Waals surface area contributed by atoms with E-state index in [1.54, 1.807) is 12.1 Å². The van der Waals surface area contributed by atoms with Gasteiger partial charge in [-0.3, -0.25) is 0 Å². The van der Waals surface area contributed by atoms with Crippen molar-refractivity contribution < 1.29 is 33.3 Å². The summed E-state index contributed by atoms with van der Waals surface area (Å²) in [7, 11) is 4.47. The van der Waals surface area contributed by atoms with Crippen molar-refractivity contribution in [1.29, 1.82) is 0 Å². The maximum atomic E-state index is 12.5. The van der Waals surface area contributed by atoms with E-state index >= 15 is 0 Å². The topological polar surface area (TPSA) is 80.3 Å². The number of carbonyl (C=O) groups excluding carboxylic acids is 2. The Balaban J connectivity index is 1.97. The van der Waals surface area contributed by atoms with Crippen LogP contribution in [0.5, 0.6) is 17.2 Å². The Hall–Kier alpha value is -2.70. The first kappa shape index (κ1) is 18.1. The minimum absolute atomic E-state index is 0.192. The van der Waals surface area contributed by atoms with Crippen molar-refractivity contribution in [2.24, 2.45) is 0 Å². The standard InChI is InChI=1S/C19H22O7/c1-22-12-9-15(23-2)13(16(10-12)24-3)11-14-17(20)25-19(26-18(14)21)7-5-4-6-8-19/h9-11H,4-8H2,1-3H3. The zero-order valence-corrected chi connectivity index (χ0v) is 15.1. The zero-order valence-electron chi connectivity index (χ0n) is 15.1. The fraction of sp³-hybridized carbons (Fsp3) is 0.474. The Kier molecular flexibility index (Phi) is 5.06. The highest BCUT2D eigenvalue weighted by atomic mass is 16.7. The van der Waals surface area contributed by atoms with Crippen molar-refractivity contribution >= 4 is 18.0 Å². The van der Waals surface area contributed by atoms with E-state index in [1.807, 2.05) is 0 Å². The van der Waals surface area contributed by atoms with Crippen LogP contribution in [0.15, 0.2) is 17.7 Å². The van der Waals surface area contributed by atoms with Gasteiger partial charge in [-0.25, -0.2) is 9.59 Å². The van der Waals surface area contributed by atoms with Gasteiger partial charge in [-0.15, -0.1) is 0 Å². The highest BCUT2D eigenvalue weighted by molar-refractivity contribution is 6.19. The molecule has 1 aromatic rings. The third kappa shape index (κ3) is 3.34. The Bertz CT molecular complexity index is 697. The molecule has 26 heavy (non-hydrogen) atoms. The molecule has 0 amide bonds. The lowest BCUT2D eigenvalue weighted by Crippen LogP contribution is -2.47. The van der Waals surface area contributed by atoms with E-state index in [9.17, 15) is 9.59 Å². The molecule has 1 saturated carbocycles. The van der Waals surface area contributed by atoms with Gasteiger partial charge in [0.2, 0.25) is 0 Å². The van der Waals surface area contributed by atoms with Crippen molar-refractivity contribution in [2.75, 3.05) is 21.3 Å². The molecule has 2 aliphatic rings. The Labute approximate surface area is 151 Å². The summed E-state index contributed by atoms with van der Waals surface area (Å²) in [5.41, 5.74) is 0.238. The molecule has 1 aliphatic carbocycles. The van der Waals surface area contributed by atoms with Crippen molar-refractivity contribution in [3.05, 3.63) is 23.3 Å². The van der Waals surface area contributed by atoms with Gasteiger partial charge in [0.05, 0.1) is 26.9 Å². The van der Waals surface area contributed by atoms with Gasteiger partial charge < -0.3 is 23.7 Å². The molecule has 1 aromatic carbocycles. The van der Waals surface area contributed by atoms with Gasteiger partial charge in [-0.05, 0) is 18.9 Å². The number of rotatable bonds is 4. The van der Waals surface area contributed by atoms with E-state index in [0.29, 0.717) is 35.7 Å². The smallest absolute Gasteiger partial charge is 0.348 e. The highest BCUT2D eigenvalue weighted by Gasteiger charge is 2.46. The van der Waals surface area contributed by atoms with E-state index in [2.05, 4.69) is 0 Å². The second-order valence-electron chi connectivity index (χ2n) is 6.25. The molecule has 1 heterocycles. The van der Waals surface area contributed by atoms with Crippen LogP contribution in [-0.2, 0) is 19.1 Å². The lowest BCUT2D eigenvalue weighted by atomic mass is 9.93. The van der Waals surface area contributed by atoms with Gasteiger partial charge in [0.1, 0.15) is 22.8 Å². The van der Waals surface area contributed by atoms with Crippen LogP contribution < -0.4 is 14.2 Å². The fourth-order valence-corrected chi connectivity index (χ4v) is 3.28. The highest BCUT2D eigenvalue weighted by Crippen LogP contribution is 2.40. The quantitative estimate of drug-likeness (QED) is 0.463. The average molecular weight is 362 g/mol. The monoisotopic (exact) mass is 362 g/mol. The van der Waals surface area contributed by atoms with Gasteiger partial charge in [0.25, 0.3) is 5.79 Å². The summed E-state index contributed by atoms with van der Waals surface area (Å²) in [6.07, 6.45) is 5.20. The molecule has 0 unspecified atom stereocenters. The second-order valence-corrected chi connectivity index (χ2v) is 6.25. The summed E-state index contributed by atoms with van der Waals surface area (Å²) in [5, 5.41) is 0. The molecular formula is C19H22O7. The Morgan fingerprint density at radius 2 is 1.42 bits per heavy atom. The molecular weight excluding hydrogens is 340 g/mol. The maximum absolute atomic E-state index is 12.5. The fourth-order valence-electron chi connectivity index (χ4n) is 3.28. The summed E-state index contributed by atoms with van der Waals surface area (Å²) in [6, 6.07) is 3.27. The van der Waals surface area contributed by atoms with Gasteiger partial charge in [0, 0.05) is 25.0 Å². The minimum atomic E-state index is -1.11. The first-order chi connectivity index (χ1) is 12.5. The van der Waals surface area contributed by atoms with E-state index < -0.39 is 17.7 Å². The van der Waals surface area contributed by atoms with Crippen LogP contribution in [0.3, 0.4) is 0 Å². The largest absolute Gasteiger partial charge is 0.496 e. The lowest BCUT2D eigenvalue weighted by Gasteiger charge is -2.38. The van der Waals surface area contributed by atoms with Crippen LogP contribution in [0.2, 0.25) is 0 Å². The minimum Gasteiger partial charge on any atom is -0.496 e. The molecule has 0 aromatic heterocycles. The molecule has 1 saturated heterocycles. The summed E-state index contributed by atoms with van der Waals surface area (Å²) >= 11 is 0. The molecule has 1 aliphatic heterocycles. The zero-order chi connectivity index (χ0) is 18.7. The van der Waals surface area contributed by atoms with Gasteiger partial charge in [-0.2, -0.15) is 0 Å². The summed E-state index contributed by atoms with van der Waals surface area (Å²) < 4.78 is 26.9. The molecule has 140 valence electrons. The predicted molar refractivity (Wildman–Crippen MR) is 92.1 cm³/mol. The first-order valence-corrected chi connectivity index (χ1v) is 8.50. The molecule has 3 rings (SSSR count). The van der Waals surface area contributed by atoms with Crippen LogP contribution in [0.4, 0.5) is 0 Å². The van der Waals surface area contributed by atoms with Gasteiger partial charge >= 0.3 is 11.9 Å². The molecule has 0 atom stereocenters. The van der Waals surface area contributed by atoms with E-state index in [0.717, 1.165) is 19.3 Å². The number of hydrogen-bond donors (Lipinski definition) is 0. The molecule has 0 N–H and O–H groups in total. The number of methoxy groups -OCH3 is 3. The predicted octanol–water partition coefficient (Wildman–Crippen LogP) is 2.86. The van der Waals surface area contributed by atoms with Crippen molar-refractivity contribution in [3.63, 3.8) is 0 Å². The van der Waals surface area contributed by atoms with Crippen LogP contribution in [0, 0.1) is 0 Å². The van der Waals surface area contributed by atoms with Crippen LogP contribution in [0.25, 0.3) is 6.08 Å². The molecule has 1 spiro atoms. The molecule has 2 fully saturated rings.